The molecule has 0 saturated carbocycles. The van der Waals surface area contributed by atoms with Gasteiger partial charge in [0.1, 0.15) is 11.2 Å². The lowest BCUT2D eigenvalue weighted by Gasteiger charge is -2.09. The van der Waals surface area contributed by atoms with Gasteiger partial charge in [-0.25, -0.2) is 0 Å². The van der Waals surface area contributed by atoms with Crippen LogP contribution in [0.1, 0.15) is 5.56 Å². The van der Waals surface area contributed by atoms with Crippen LogP contribution in [0.4, 0.5) is 0 Å². The summed E-state index contributed by atoms with van der Waals surface area (Å²) in [6, 6.07) is 40.8. The largest absolute Gasteiger partial charge is 0.456 e. The number of fused-ring (bicyclic) bond motifs is 3. The van der Waals surface area contributed by atoms with E-state index in [0.29, 0.717) is 0 Å². The van der Waals surface area contributed by atoms with Crippen molar-refractivity contribution in [2.45, 2.75) is 6.92 Å². The molecule has 0 spiro atoms. The third kappa shape index (κ3) is 3.19. The van der Waals surface area contributed by atoms with Gasteiger partial charge in [0, 0.05) is 10.8 Å². The molecule has 1 heterocycles. The molecule has 0 unspecified atom stereocenters. The van der Waals surface area contributed by atoms with E-state index in [9.17, 15) is 0 Å². The SMILES string of the molecule is Cc1cccc2oc3ccc(-c4cccc(-c5cccc(-c6ccccc6)c5)c4)cc3c12. The number of rotatable bonds is 3. The molecule has 0 aliphatic rings. The quantitative estimate of drug-likeness (QED) is 0.284. The molecule has 1 heteroatoms. The average molecular weight is 411 g/mol. The fourth-order valence-electron chi connectivity index (χ4n) is 4.57. The zero-order valence-corrected chi connectivity index (χ0v) is 17.9. The Morgan fingerprint density at radius 2 is 1.00 bits per heavy atom. The summed E-state index contributed by atoms with van der Waals surface area (Å²) in [7, 11) is 0. The smallest absolute Gasteiger partial charge is 0.135 e. The minimum Gasteiger partial charge on any atom is -0.456 e. The van der Waals surface area contributed by atoms with E-state index >= 15 is 0 Å². The summed E-state index contributed by atoms with van der Waals surface area (Å²) in [6.07, 6.45) is 0. The van der Waals surface area contributed by atoms with Crippen molar-refractivity contribution >= 4 is 21.9 Å². The van der Waals surface area contributed by atoms with Gasteiger partial charge < -0.3 is 4.42 Å². The van der Waals surface area contributed by atoms with Crippen molar-refractivity contribution in [3.63, 3.8) is 0 Å². The Morgan fingerprint density at radius 3 is 1.69 bits per heavy atom. The van der Waals surface area contributed by atoms with E-state index in [1.54, 1.807) is 0 Å². The number of hydrogen-bond donors (Lipinski definition) is 0. The highest BCUT2D eigenvalue weighted by Gasteiger charge is 2.11. The molecule has 1 aromatic heterocycles. The Hall–Kier alpha value is -4.10. The fourth-order valence-corrected chi connectivity index (χ4v) is 4.57. The van der Waals surface area contributed by atoms with E-state index in [-0.39, 0.29) is 0 Å². The van der Waals surface area contributed by atoms with Crippen LogP contribution >= 0.6 is 0 Å². The number of furan rings is 1. The highest BCUT2D eigenvalue weighted by Crippen LogP contribution is 2.35. The minimum atomic E-state index is 0.935. The summed E-state index contributed by atoms with van der Waals surface area (Å²) >= 11 is 0. The van der Waals surface area contributed by atoms with Crippen LogP contribution in [-0.2, 0) is 0 Å². The van der Waals surface area contributed by atoms with E-state index in [2.05, 4.69) is 110 Å². The Bertz CT molecular complexity index is 1570. The van der Waals surface area contributed by atoms with Crippen molar-refractivity contribution in [2.24, 2.45) is 0 Å². The lowest BCUT2D eigenvalue weighted by Crippen LogP contribution is -1.83. The predicted octanol–water partition coefficient (Wildman–Crippen LogP) is 8.90. The highest BCUT2D eigenvalue weighted by atomic mass is 16.3. The average Bonchev–Trinajstić information content (AvgIpc) is 3.24. The van der Waals surface area contributed by atoms with Gasteiger partial charge in [0.2, 0.25) is 0 Å². The molecule has 5 aromatic carbocycles. The van der Waals surface area contributed by atoms with Crippen molar-refractivity contribution in [2.75, 3.05) is 0 Å². The van der Waals surface area contributed by atoms with E-state index < -0.39 is 0 Å². The van der Waals surface area contributed by atoms with E-state index in [4.69, 9.17) is 4.42 Å². The minimum absolute atomic E-state index is 0.935. The number of benzene rings is 5. The number of hydrogen-bond acceptors (Lipinski definition) is 1. The third-order valence-corrected chi connectivity index (χ3v) is 6.20. The Balaban J connectivity index is 1.44. The van der Waals surface area contributed by atoms with Crippen molar-refractivity contribution in [1.29, 1.82) is 0 Å². The first kappa shape index (κ1) is 18.7. The summed E-state index contributed by atoms with van der Waals surface area (Å²) in [5, 5.41) is 2.38. The van der Waals surface area contributed by atoms with Crippen LogP contribution in [0, 0.1) is 6.92 Å². The van der Waals surface area contributed by atoms with Gasteiger partial charge in [-0.05, 0) is 76.2 Å². The summed E-state index contributed by atoms with van der Waals surface area (Å²) in [6.45, 7) is 2.14. The molecule has 0 amide bonds. The number of aryl methyl sites for hydroxylation is 1. The van der Waals surface area contributed by atoms with Crippen LogP contribution in [-0.4, -0.2) is 0 Å². The second-order valence-electron chi connectivity index (χ2n) is 8.29. The normalized spacial score (nSPS) is 11.3. The molecule has 0 N–H and O–H groups in total. The second kappa shape index (κ2) is 7.55. The van der Waals surface area contributed by atoms with E-state index in [1.165, 1.54) is 49.7 Å². The van der Waals surface area contributed by atoms with Crippen LogP contribution in [0.5, 0.6) is 0 Å². The first-order valence-electron chi connectivity index (χ1n) is 10.9. The monoisotopic (exact) mass is 410 g/mol. The van der Waals surface area contributed by atoms with Crippen molar-refractivity contribution in [3.05, 3.63) is 121 Å². The van der Waals surface area contributed by atoms with Gasteiger partial charge in [-0.1, -0.05) is 84.9 Å². The first-order chi connectivity index (χ1) is 15.8. The zero-order chi connectivity index (χ0) is 21.5. The maximum atomic E-state index is 6.07. The second-order valence-corrected chi connectivity index (χ2v) is 8.29. The Morgan fingerprint density at radius 1 is 0.438 bits per heavy atom. The van der Waals surface area contributed by atoms with Crippen LogP contribution in [0.15, 0.2) is 120 Å². The molecule has 0 atom stereocenters. The van der Waals surface area contributed by atoms with Crippen molar-refractivity contribution < 1.29 is 4.42 Å². The third-order valence-electron chi connectivity index (χ3n) is 6.20. The maximum absolute atomic E-state index is 6.07. The molecule has 0 fully saturated rings. The lowest BCUT2D eigenvalue weighted by molar-refractivity contribution is 0.669. The molecule has 0 aliphatic carbocycles. The Labute approximate surface area is 187 Å². The van der Waals surface area contributed by atoms with Gasteiger partial charge in [0.15, 0.2) is 0 Å². The van der Waals surface area contributed by atoms with E-state index in [1.807, 2.05) is 12.1 Å². The molecule has 32 heavy (non-hydrogen) atoms. The van der Waals surface area contributed by atoms with Crippen molar-refractivity contribution in [1.82, 2.24) is 0 Å². The Kier molecular flexibility index (Phi) is 4.40. The summed E-state index contributed by atoms with van der Waals surface area (Å²) in [4.78, 5) is 0. The van der Waals surface area contributed by atoms with Gasteiger partial charge in [0.25, 0.3) is 0 Å². The van der Waals surface area contributed by atoms with Crippen LogP contribution in [0.25, 0.3) is 55.3 Å². The standard InChI is InChI=1S/C31H22O/c1-21-8-5-15-30-31(21)28-20-27(16-17-29(28)32-30)26-14-7-13-25(19-26)24-12-6-11-23(18-24)22-9-3-2-4-10-22/h2-20H,1H3. The predicted molar refractivity (Wildman–Crippen MR) is 135 cm³/mol. The molecular formula is C31H22O. The van der Waals surface area contributed by atoms with Gasteiger partial charge >= 0.3 is 0 Å². The van der Waals surface area contributed by atoms with Crippen LogP contribution in [0.2, 0.25) is 0 Å². The summed E-state index contributed by atoms with van der Waals surface area (Å²) in [5.41, 5.74) is 10.4. The molecule has 6 aromatic rings. The molecule has 0 saturated heterocycles. The maximum Gasteiger partial charge on any atom is 0.135 e. The van der Waals surface area contributed by atoms with Gasteiger partial charge in [-0.15, -0.1) is 0 Å². The summed E-state index contributed by atoms with van der Waals surface area (Å²) in [5.74, 6) is 0. The van der Waals surface area contributed by atoms with Crippen molar-refractivity contribution in [3.8, 4) is 33.4 Å². The molecule has 0 radical (unpaired) electrons. The molecule has 0 aliphatic heterocycles. The highest BCUT2D eigenvalue weighted by molar-refractivity contribution is 6.08. The lowest BCUT2D eigenvalue weighted by atomic mass is 9.95. The molecule has 1 nitrogen and oxygen atoms in total. The molecular weight excluding hydrogens is 388 g/mol. The molecule has 152 valence electrons. The fraction of sp³-hybridized carbons (Fsp3) is 0.0323. The molecule has 0 bridgehead atoms. The molecule has 6 rings (SSSR count). The summed E-state index contributed by atoms with van der Waals surface area (Å²) < 4.78 is 6.07. The van der Waals surface area contributed by atoms with Gasteiger partial charge in [-0.3, -0.25) is 0 Å². The van der Waals surface area contributed by atoms with Gasteiger partial charge in [0.05, 0.1) is 0 Å². The van der Waals surface area contributed by atoms with Crippen LogP contribution in [0.3, 0.4) is 0 Å². The zero-order valence-electron chi connectivity index (χ0n) is 17.9. The van der Waals surface area contributed by atoms with E-state index in [0.717, 1.165) is 11.2 Å². The van der Waals surface area contributed by atoms with Crippen LogP contribution < -0.4 is 0 Å². The topological polar surface area (TPSA) is 13.1 Å². The first-order valence-corrected chi connectivity index (χ1v) is 10.9. The van der Waals surface area contributed by atoms with Gasteiger partial charge in [-0.2, -0.15) is 0 Å².